The summed E-state index contributed by atoms with van der Waals surface area (Å²) in [5, 5.41) is 4.09. The van der Waals surface area contributed by atoms with Crippen molar-refractivity contribution in [2.24, 2.45) is 0 Å². The highest BCUT2D eigenvalue weighted by Gasteiger charge is 2.22. The zero-order valence-corrected chi connectivity index (χ0v) is 20.7. The van der Waals surface area contributed by atoms with Crippen molar-refractivity contribution in [2.75, 3.05) is 25.0 Å². The highest BCUT2D eigenvalue weighted by Crippen LogP contribution is 2.22. The fourth-order valence-electron chi connectivity index (χ4n) is 5.04. The van der Waals surface area contributed by atoms with Gasteiger partial charge < -0.3 is 15.2 Å². The number of hydrogen-bond donors (Lipinski definition) is 2. The Balaban J connectivity index is 1.12. The average molecular weight is 515 g/mol. The number of nitrogens with one attached hydrogen (secondary N) is 2. The number of anilines is 1. The third-order valence-electron chi connectivity index (χ3n) is 7.11. The fourth-order valence-corrected chi connectivity index (χ4v) is 5.04. The topological polar surface area (TPSA) is 114 Å². The predicted octanol–water partition coefficient (Wildman–Crippen LogP) is 2.59. The third-order valence-corrected chi connectivity index (χ3v) is 7.11. The number of likely N-dealkylation sites (tertiary alicyclic amines) is 1. The SMILES string of the molecule is O=c1[nH]c2ccccc2c(=O)n1CCN1CCC(Nc2nc3cncnc3n2Cc2ccc(F)cc2)CC1. The van der Waals surface area contributed by atoms with Gasteiger partial charge in [0.05, 0.1) is 23.6 Å². The molecule has 6 rings (SSSR count). The summed E-state index contributed by atoms with van der Waals surface area (Å²) in [5.74, 6) is 0.435. The molecule has 0 saturated carbocycles. The number of imidazole rings is 1. The van der Waals surface area contributed by atoms with Crippen LogP contribution in [-0.2, 0) is 13.1 Å². The molecular formula is C27H27FN8O2. The summed E-state index contributed by atoms with van der Waals surface area (Å²) in [6.07, 6.45) is 4.95. The molecule has 2 aromatic carbocycles. The van der Waals surface area contributed by atoms with E-state index < -0.39 is 0 Å². The fraction of sp³-hybridized carbons (Fsp3) is 0.296. The number of rotatable bonds is 7. The van der Waals surface area contributed by atoms with E-state index in [1.807, 2.05) is 4.57 Å². The van der Waals surface area contributed by atoms with Crippen LogP contribution in [0.2, 0.25) is 0 Å². The Morgan fingerprint density at radius 3 is 2.61 bits per heavy atom. The van der Waals surface area contributed by atoms with Crippen molar-refractivity contribution >= 4 is 28.0 Å². The Hall–Kier alpha value is -4.38. The molecular weight excluding hydrogens is 487 g/mol. The molecule has 0 bridgehead atoms. The van der Waals surface area contributed by atoms with Gasteiger partial charge in [0.1, 0.15) is 17.7 Å². The quantitative estimate of drug-likeness (QED) is 0.343. The molecule has 0 amide bonds. The van der Waals surface area contributed by atoms with E-state index in [4.69, 9.17) is 4.98 Å². The van der Waals surface area contributed by atoms with Crippen LogP contribution in [0.3, 0.4) is 0 Å². The van der Waals surface area contributed by atoms with E-state index in [0.717, 1.165) is 37.1 Å². The van der Waals surface area contributed by atoms with E-state index in [0.29, 0.717) is 42.0 Å². The van der Waals surface area contributed by atoms with Gasteiger partial charge in [-0.1, -0.05) is 24.3 Å². The lowest BCUT2D eigenvalue weighted by molar-refractivity contribution is 0.209. The Morgan fingerprint density at radius 1 is 1.00 bits per heavy atom. The van der Waals surface area contributed by atoms with E-state index in [2.05, 4.69) is 25.2 Å². The minimum Gasteiger partial charge on any atom is -0.353 e. The number of benzene rings is 2. The lowest BCUT2D eigenvalue weighted by Gasteiger charge is -2.32. The zero-order chi connectivity index (χ0) is 26.1. The van der Waals surface area contributed by atoms with Crippen molar-refractivity contribution < 1.29 is 4.39 Å². The molecule has 11 heteroatoms. The van der Waals surface area contributed by atoms with Gasteiger partial charge in [-0.25, -0.2) is 24.1 Å². The lowest BCUT2D eigenvalue weighted by atomic mass is 10.1. The molecule has 1 fully saturated rings. The number of piperidine rings is 1. The van der Waals surface area contributed by atoms with Crippen molar-refractivity contribution in [3.8, 4) is 0 Å². The van der Waals surface area contributed by atoms with Crippen molar-refractivity contribution in [3.05, 3.63) is 93.3 Å². The number of nitrogens with zero attached hydrogens (tertiary/aromatic N) is 6. The number of halogens is 1. The summed E-state index contributed by atoms with van der Waals surface area (Å²) in [7, 11) is 0. The highest BCUT2D eigenvalue weighted by atomic mass is 19.1. The van der Waals surface area contributed by atoms with Gasteiger partial charge in [-0.15, -0.1) is 0 Å². The molecule has 38 heavy (non-hydrogen) atoms. The highest BCUT2D eigenvalue weighted by molar-refractivity contribution is 5.77. The number of hydrogen-bond acceptors (Lipinski definition) is 7. The van der Waals surface area contributed by atoms with Gasteiger partial charge in [0, 0.05) is 32.2 Å². The van der Waals surface area contributed by atoms with Crippen LogP contribution in [0.4, 0.5) is 10.3 Å². The Morgan fingerprint density at radius 2 is 1.79 bits per heavy atom. The summed E-state index contributed by atoms with van der Waals surface area (Å²) in [5.41, 5.74) is 2.27. The summed E-state index contributed by atoms with van der Waals surface area (Å²) >= 11 is 0. The average Bonchev–Trinajstić information content (AvgIpc) is 3.27. The second kappa shape index (κ2) is 10.2. The zero-order valence-electron chi connectivity index (χ0n) is 20.7. The number of para-hydroxylation sites is 1. The van der Waals surface area contributed by atoms with Crippen LogP contribution >= 0.6 is 0 Å². The summed E-state index contributed by atoms with van der Waals surface area (Å²) in [6.45, 7) is 3.12. The summed E-state index contributed by atoms with van der Waals surface area (Å²) < 4.78 is 16.7. The van der Waals surface area contributed by atoms with Crippen LogP contribution in [0.1, 0.15) is 18.4 Å². The maximum Gasteiger partial charge on any atom is 0.328 e. The molecule has 1 saturated heterocycles. The first-order chi connectivity index (χ1) is 18.5. The molecule has 10 nitrogen and oxygen atoms in total. The Labute approximate surface area is 216 Å². The number of fused-ring (bicyclic) bond motifs is 2. The first-order valence-corrected chi connectivity index (χ1v) is 12.7. The number of aromatic nitrogens is 6. The largest absolute Gasteiger partial charge is 0.353 e. The van der Waals surface area contributed by atoms with Gasteiger partial charge in [-0.2, -0.15) is 0 Å². The van der Waals surface area contributed by atoms with Crippen molar-refractivity contribution in [1.82, 2.24) is 34.0 Å². The molecule has 5 aromatic rings. The van der Waals surface area contributed by atoms with Crippen LogP contribution in [0.5, 0.6) is 0 Å². The van der Waals surface area contributed by atoms with Crippen molar-refractivity contribution in [2.45, 2.75) is 32.0 Å². The van der Waals surface area contributed by atoms with Crippen LogP contribution in [-0.4, -0.2) is 59.6 Å². The van der Waals surface area contributed by atoms with Crippen molar-refractivity contribution in [3.63, 3.8) is 0 Å². The minimum absolute atomic E-state index is 0.204. The van der Waals surface area contributed by atoms with Gasteiger partial charge in [0.2, 0.25) is 5.95 Å². The number of H-pyrrole nitrogens is 1. The molecule has 0 spiro atoms. The summed E-state index contributed by atoms with van der Waals surface area (Å²) in [6, 6.07) is 13.7. The van der Waals surface area contributed by atoms with Crippen LogP contribution in [0, 0.1) is 5.82 Å². The summed E-state index contributed by atoms with van der Waals surface area (Å²) in [4.78, 5) is 43.6. The van der Waals surface area contributed by atoms with E-state index in [1.165, 1.54) is 23.0 Å². The predicted molar refractivity (Wildman–Crippen MR) is 143 cm³/mol. The molecule has 194 valence electrons. The third kappa shape index (κ3) is 4.80. The van der Waals surface area contributed by atoms with Crippen LogP contribution in [0.25, 0.3) is 22.1 Å². The first kappa shape index (κ1) is 24.0. The Kier molecular flexibility index (Phi) is 6.42. The minimum atomic E-state index is -0.381. The molecule has 0 radical (unpaired) electrons. The van der Waals surface area contributed by atoms with E-state index >= 15 is 0 Å². The standard InChI is InChI=1S/C27H27FN8O2/c28-19-7-5-18(6-8-19)16-36-24-23(15-29-17-30-24)32-26(36)31-20-9-11-34(12-10-20)13-14-35-25(37)21-3-1-2-4-22(21)33-27(35)38/h1-8,15,17,20H,9-14,16H2,(H,31,32)(H,33,38). The van der Waals surface area contributed by atoms with Gasteiger partial charge in [-0.05, 0) is 42.7 Å². The van der Waals surface area contributed by atoms with Gasteiger partial charge in [0.15, 0.2) is 5.65 Å². The second-order valence-electron chi connectivity index (χ2n) is 9.57. The molecule has 1 aliphatic rings. The lowest BCUT2D eigenvalue weighted by Crippen LogP contribution is -2.43. The first-order valence-electron chi connectivity index (χ1n) is 12.7. The Bertz CT molecular complexity index is 1700. The van der Waals surface area contributed by atoms with E-state index in [-0.39, 0.29) is 23.1 Å². The second-order valence-corrected chi connectivity index (χ2v) is 9.57. The van der Waals surface area contributed by atoms with Crippen LogP contribution < -0.4 is 16.6 Å². The van der Waals surface area contributed by atoms with E-state index in [1.54, 1.807) is 42.6 Å². The molecule has 0 unspecified atom stereocenters. The molecule has 3 aromatic heterocycles. The molecule has 4 heterocycles. The molecule has 2 N–H and O–H groups in total. The number of aromatic amines is 1. The molecule has 0 aliphatic carbocycles. The van der Waals surface area contributed by atoms with Gasteiger partial charge >= 0.3 is 5.69 Å². The smallest absolute Gasteiger partial charge is 0.328 e. The van der Waals surface area contributed by atoms with Crippen LogP contribution in [0.15, 0.2) is 70.6 Å². The van der Waals surface area contributed by atoms with Gasteiger partial charge in [0.25, 0.3) is 5.56 Å². The maximum atomic E-state index is 13.4. The normalized spacial score (nSPS) is 14.9. The molecule has 1 aliphatic heterocycles. The van der Waals surface area contributed by atoms with Gasteiger partial charge in [-0.3, -0.25) is 13.9 Å². The monoisotopic (exact) mass is 514 g/mol. The van der Waals surface area contributed by atoms with Crippen molar-refractivity contribution in [1.29, 1.82) is 0 Å². The van der Waals surface area contributed by atoms with E-state index in [9.17, 15) is 14.0 Å². The maximum absolute atomic E-state index is 13.4. The molecule has 0 atom stereocenters.